The van der Waals surface area contributed by atoms with Crippen LogP contribution in [0, 0.1) is 11.8 Å². The topological polar surface area (TPSA) is 117 Å². The van der Waals surface area contributed by atoms with Crippen LogP contribution in [0.5, 0.6) is 5.75 Å². The minimum Gasteiger partial charge on any atom is -0.494 e. The fourth-order valence-electron chi connectivity index (χ4n) is 6.64. The van der Waals surface area contributed by atoms with Gasteiger partial charge in [-0.3, -0.25) is 14.4 Å². The molecule has 0 saturated carbocycles. The lowest BCUT2D eigenvalue weighted by Crippen LogP contribution is -2.56. The highest BCUT2D eigenvalue weighted by molar-refractivity contribution is 6.30. The van der Waals surface area contributed by atoms with Crippen LogP contribution < -0.4 is 15.4 Å². The predicted molar refractivity (Wildman–Crippen MR) is 147 cm³/mol. The fourth-order valence-corrected chi connectivity index (χ4v) is 6.76. The molecule has 3 heterocycles. The quantitative estimate of drug-likeness (QED) is 0.433. The standard InChI is InChI=1S/C29H34ClN3O6/c1-4-20(16-34)33-24(26(36)32-18-8-6-17(30)7-9-18)29-15-14-28(3,39-29)22(23(29)27(33)37)25(35)31-19-10-12-21(13-11-19)38-5-2/h6-13,20,22-24,34H,4-5,14-16H2,1-3H3,(H,31,35)(H,32,36)/t20-,22-,23-,24?,28+,29?/m0/s1. The molecule has 2 aromatic carbocycles. The van der Waals surface area contributed by atoms with Crippen LogP contribution in [0.2, 0.25) is 5.02 Å². The highest BCUT2D eigenvalue weighted by atomic mass is 35.5. The van der Waals surface area contributed by atoms with Gasteiger partial charge in [-0.05, 0) is 81.6 Å². The van der Waals surface area contributed by atoms with Gasteiger partial charge in [-0.2, -0.15) is 0 Å². The number of carbonyl (C=O) groups is 3. The highest BCUT2D eigenvalue weighted by Gasteiger charge is 2.78. The lowest BCUT2D eigenvalue weighted by atomic mass is 9.66. The molecule has 0 aromatic heterocycles. The van der Waals surface area contributed by atoms with Crippen LogP contribution in [0.25, 0.3) is 0 Å². The molecule has 9 nitrogen and oxygen atoms in total. The number of hydrogen-bond donors (Lipinski definition) is 3. The smallest absolute Gasteiger partial charge is 0.250 e. The second-order valence-corrected chi connectivity index (χ2v) is 11.1. The van der Waals surface area contributed by atoms with Gasteiger partial charge in [-0.15, -0.1) is 0 Å². The largest absolute Gasteiger partial charge is 0.494 e. The van der Waals surface area contributed by atoms with Gasteiger partial charge in [0.25, 0.3) is 0 Å². The molecule has 2 aromatic rings. The van der Waals surface area contributed by atoms with Crippen molar-refractivity contribution in [3.05, 3.63) is 53.6 Å². The van der Waals surface area contributed by atoms with Crippen molar-refractivity contribution in [1.29, 1.82) is 0 Å². The lowest BCUT2D eigenvalue weighted by molar-refractivity contribution is -0.146. The first kappa shape index (κ1) is 27.4. The average molecular weight is 556 g/mol. The monoisotopic (exact) mass is 555 g/mol. The first-order chi connectivity index (χ1) is 18.7. The second-order valence-electron chi connectivity index (χ2n) is 10.7. The molecule has 2 bridgehead atoms. The van der Waals surface area contributed by atoms with Crippen LogP contribution in [-0.2, 0) is 19.1 Å². The van der Waals surface area contributed by atoms with Crippen LogP contribution in [0.1, 0.15) is 40.0 Å². The number of anilines is 2. The molecule has 1 spiro atoms. The van der Waals surface area contributed by atoms with E-state index in [9.17, 15) is 19.5 Å². The third-order valence-electron chi connectivity index (χ3n) is 8.37. The van der Waals surface area contributed by atoms with Crippen molar-refractivity contribution in [3.8, 4) is 5.75 Å². The Morgan fingerprint density at radius 3 is 2.28 bits per heavy atom. The number of nitrogens with one attached hydrogen (secondary N) is 2. The Kier molecular flexibility index (Phi) is 7.35. The minimum atomic E-state index is -1.19. The number of hydrogen-bond acceptors (Lipinski definition) is 6. The summed E-state index contributed by atoms with van der Waals surface area (Å²) in [6.45, 7) is 5.81. The van der Waals surface area contributed by atoms with E-state index in [1.165, 1.54) is 4.90 Å². The number of amides is 3. The van der Waals surface area contributed by atoms with Gasteiger partial charge in [0.05, 0.1) is 36.7 Å². The number of aliphatic hydroxyl groups excluding tert-OH is 1. The summed E-state index contributed by atoms with van der Waals surface area (Å²) in [6, 6.07) is 12.1. The third-order valence-corrected chi connectivity index (χ3v) is 8.62. The average Bonchev–Trinajstić information content (AvgIpc) is 3.48. The maximum atomic E-state index is 14.1. The van der Waals surface area contributed by atoms with E-state index >= 15 is 0 Å². The van der Waals surface area contributed by atoms with Crippen molar-refractivity contribution < 1.29 is 29.0 Å². The number of carbonyl (C=O) groups excluding carboxylic acids is 3. The number of rotatable bonds is 9. The van der Waals surface area contributed by atoms with Gasteiger partial charge in [0.1, 0.15) is 17.4 Å². The fraction of sp³-hybridized carbons (Fsp3) is 0.483. The van der Waals surface area contributed by atoms with Crippen LogP contribution >= 0.6 is 11.6 Å². The van der Waals surface area contributed by atoms with Gasteiger partial charge in [0.15, 0.2) is 0 Å². The van der Waals surface area contributed by atoms with E-state index in [1.54, 1.807) is 48.5 Å². The Balaban J connectivity index is 1.48. The molecule has 3 saturated heterocycles. The molecule has 2 unspecified atom stereocenters. The van der Waals surface area contributed by atoms with Gasteiger partial charge >= 0.3 is 0 Å². The number of halogens is 1. The van der Waals surface area contributed by atoms with Crippen LogP contribution in [0.3, 0.4) is 0 Å². The molecule has 0 radical (unpaired) electrons. The molecule has 10 heteroatoms. The minimum absolute atomic E-state index is 0.309. The zero-order valence-corrected chi connectivity index (χ0v) is 23.0. The zero-order valence-electron chi connectivity index (χ0n) is 22.3. The third kappa shape index (κ3) is 4.56. The van der Waals surface area contributed by atoms with Crippen LogP contribution in [0.15, 0.2) is 48.5 Å². The molecule has 3 N–H and O–H groups in total. The van der Waals surface area contributed by atoms with Gasteiger partial charge < -0.3 is 30.1 Å². The summed E-state index contributed by atoms with van der Waals surface area (Å²) in [5, 5.41) is 16.5. The Morgan fingerprint density at radius 2 is 1.69 bits per heavy atom. The Bertz CT molecular complexity index is 1250. The molecule has 3 aliphatic heterocycles. The van der Waals surface area contributed by atoms with Crippen molar-refractivity contribution >= 4 is 40.7 Å². The van der Waals surface area contributed by atoms with Crippen molar-refractivity contribution in [3.63, 3.8) is 0 Å². The number of nitrogens with zero attached hydrogens (tertiary/aromatic N) is 1. The maximum absolute atomic E-state index is 14.1. The molecule has 5 rings (SSSR count). The number of benzene rings is 2. The summed E-state index contributed by atoms with van der Waals surface area (Å²) in [5.74, 6) is -2.08. The predicted octanol–water partition coefficient (Wildman–Crippen LogP) is 3.85. The maximum Gasteiger partial charge on any atom is 0.250 e. The van der Waals surface area contributed by atoms with E-state index < -0.39 is 41.0 Å². The van der Waals surface area contributed by atoms with Crippen molar-refractivity contribution in [2.75, 3.05) is 23.8 Å². The van der Waals surface area contributed by atoms with E-state index in [1.807, 2.05) is 20.8 Å². The van der Waals surface area contributed by atoms with E-state index in [4.69, 9.17) is 21.1 Å². The van der Waals surface area contributed by atoms with E-state index in [-0.39, 0.29) is 18.4 Å². The molecule has 6 atom stereocenters. The van der Waals surface area contributed by atoms with Gasteiger partial charge in [-0.25, -0.2) is 0 Å². The van der Waals surface area contributed by atoms with E-state index in [0.29, 0.717) is 48.0 Å². The summed E-state index contributed by atoms with van der Waals surface area (Å²) in [5.41, 5.74) is -1.00. The van der Waals surface area contributed by atoms with Crippen molar-refractivity contribution in [1.82, 2.24) is 4.90 Å². The highest BCUT2D eigenvalue weighted by Crippen LogP contribution is 2.63. The molecule has 3 amide bonds. The second kappa shape index (κ2) is 10.4. The molecule has 39 heavy (non-hydrogen) atoms. The molecule has 3 aliphatic rings. The SMILES string of the molecule is CCOc1ccc(NC(=O)[C@@H]2[C@H]3C(=O)N([C@@H](CC)CO)C(C(=O)Nc4ccc(Cl)cc4)C34CC[C@@]2(C)O4)cc1. The van der Waals surface area contributed by atoms with E-state index in [2.05, 4.69) is 10.6 Å². The van der Waals surface area contributed by atoms with Crippen LogP contribution in [0.4, 0.5) is 11.4 Å². The Hall–Kier alpha value is -3.14. The van der Waals surface area contributed by atoms with Crippen LogP contribution in [-0.4, -0.2) is 64.2 Å². The molecular weight excluding hydrogens is 522 g/mol. The number of likely N-dealkylation sites (tertiary alicyclic amines) is 1. The first-order valence-corrected chi connectivity index (χ1v) is 13.8. The molecular formula is C29H34ClN3O6. The summed E-state index contributed by atoms with van der Waals surface area (Å²) >= 11 is 6.00. The Labute approximate surface area is 232 Å². The summed E-state index contributed by atoms with van der Waals surface area (Å²) in [7, 11) is 0. The summed E-state index contributed by atoms with van der Waals surface area (Å²) < 4.78 is 12.1. The molecule has 3 fully saturated rings. The normalized spacial score (nSPS) is 29.7. The summed E-state index contributed by atoms with van der Waals surface area (Å²) in [4.78, 5) is 43.2. The number of aliphatic hydroxyl groups is 1. The summed E-state index contributed by atoms with van der Waals surface area (Å²) in [6.07, 6.45) is 1.41. The van der Waals surface area contributed by atoms with E-state index in [0.717, 1.165) is 0 Å². The lowest BCUT2D eigenvalue weighted by Gasteiger charge is -2.36. The first-order valence-electron chi connectivity index (χ1n) is 13.4. The Morgan fingerprint density at radius 1 is 1.08 bits per heavy atom. The molecule has 0 aliphatic carbocycles. The van der Waals surface area contributed by atoms with Gasteiger partial charge in [0, 0.05) is 16.4 Å². The van der Waals surface area contributed by atoms with Gasteiger partial charge in [0.2, 0.25) is 17.7 Å². The van der Waals surface area contributed by atoms with Crippen molar-refractivity contribution in [2.24, 2.45) is 11.8 Å². The molecule has 208 valence electrons. The number of ether oxygens (including phenoxy) is 2. The van der Waals surface area contributed by atoms with Gasteiger partial charge in [-0.1, -0.05) is 18.5 Å². The van der Waals surface area contributed by atoms with Crippen molar-refractivity contribution in [2.45, 2.75) is 63.3 Å². The zero-order chi connectivity index (χ0) is 27.9. The number of fused-ring (bicyclic) bond motifs is 1.